The minimum absolute atomic E-state index is 0.0875. The zero-order valence-corrected chi connectivity index (χ0v) is 23.6. The summed E-state index contributed by atoms with van der Waals surface area (Å²) < 4.78 is 6.62. The van der Waals surface area contributed by atoms with E-state index in [0.717, 1.165) is 10.0 Å². The Morgan fingerprint density at radius 3 is 2.24 bits per heavy atom. The first-order chi connectivity index (χ1) is 15.8. The third-order valence-electron chi connectivity index (χ3n) is 5.25. The summed E-state index contributed by atoms with van der Waals surface area (Å²) in [5.41, 5.74) is 1.30. The van der Waals surface area contributed by atoms with Crippen LogP contribution in [-0.4, -0.2) is 34.9 Å². The highest BCUT2D eigenvalue weighted by Gasteiger charge is 2.31. The van der Waals surface area contributed by atoms with Gasteiger partial charge in [-0.15, -0.1) is 0 Å². The van der Waals surface area contributed by atoms with E-state index in [1.54, 1.807) is 18.2 Å². The lowest BCUT2D eigenvalue weighted by atomic mass is 10.0. The van der Waals surface area contributed by atoms with Crippen molar-refractivity contribution in [2.75, 3.05) is 6.61 Å². The van der Waals surface area contributed by atoms with E-state index >= 15 is 0 Å². The van der Waals surface area contributed by atoms with Crippen molar-refractivity contribution in [2.45, 2.75) is 72.0 Å². The zero-order chi connectivity index (χ0) is 25.6. The van der Waals surface area contributed by atoms with Crippen LogP contribution >= 0.6 is 39.1 Å². The van der Waals surface area contributed by atoms with Gasteiger partial charge in [-0.3, -0.25) is 9.59 Å². The van der Waals surface area contributed by atoms with Crippen LogP contribution in [0.2, 0.25) is 10.0 Å². The van der Waals surface area contributed by atoms with E-state index in [1.165, 1.54) is 4.90 Å². The van der Waals surface area contributed by atoms with Crippen molar-refractivity contribution in [3.05, 3.63) is 62.0 Å². The fourth-order valence-corrected chi connectivity index (χ4v) is 4.47. The van der Waals surface area contributed by atoms with Crippen LogP contribution in [0.5, 0.6) is 5.75 Å². The molecule has 1 unspecified atom stereocenters. The van der Waals surface area contributed by atoms with Crippen LogP contribution < -0.4 is 10.1 Å². The summed E-state index contributed by atoms with van der Waals surface area (Å²) in [6.07, 6.45) is 0.419. The van der Waals surface area contributed by atoms with Crippen LogP contribution in [0.15, 0.2) is 40.9 Å². The molecule has 0 aliphatic rings. The highest BCUT2D eigenvalue weighted by Crippen LogP contribution is 2.30. The van der Waals surface area contributed by atoms with Crippen LogP contribution in [0.1, 0.15) is 65.0 Å². The molecule has 1 N–H and O–H groups in total. The summed E-state index contributed by atoms with van der Waals surface area (Å²) >= 11 is 16.3. The van der Waals surface area contributed by atoms with Gasteiger partial charge in [0.25, 0.3) is 5.91 Å². The molecule has 2 aromatic carbocycles. The number of rotatable bonds is 9. The Bertz CT molecular complexity index is 1000. The van der Waals surface area contributed by atoms with Crippen molar-refractivity contribution in [3.8, 4) is 5.75 Å². The molecule has 0 fully saturated rings. The third-order valence-corrected chi connectivity index (χ3v) is 6.58. The molecule has 34 heavy (non-hydrogen) atoms. The molecule has 2 aromatic rings. The second kappa shape index (κ2) is 12.3. The zero-order valence-electron chi connectivity index (χ0n) is 20.5. The van der Waals surface area contributed by atoms with E-state index in [-0.39, 0.29) is 25.0 Å². The van der Waals surface area contributed by atoms with Gasteiger partial charge in [-0.2, -0.15) is 0 Å². The fraction of sp³-hybridized carbons (Fsp3) is 0.462. The van der Waals surface area contributed by atoms with Gasteiger partial charge >= 0.3 is 0 Å². The predicted molar refractivity (Wildman–Crippen MR) is 143 cm³/mol. The van der Waals surface area contributed by atoms with Crippen molar-refractivity contribution in [3.63, 3.8) is 0 Å². The van der Waals surface area contributed by atoms with E-state index in [4.69, 9.17) is 27.9 Å². The van der Waals surface area contributed by atoms with E-state index in [9.17, 15) is 9.59 Å². The van der Waals surface area contributed by atoms with Crippen molar-refractivity contribution in [2.24, 2.45) is 0 Å². The lowest BCUT2D eigenvalue weighted by Crippen LogP contribution is -2.54. The number of carbonyl (C=O) groups excluding carboxylic acids is 2. The molecular weight excluding hydrogens is 539 g/mol. The largest absolute Gasteiger partial charge is 0.483 e. The van der Waals surface area contributed by atoms with Crippen molar-refractivity contribution >= 4 is 50.9 Å². The van der Waals surface area contributed by atoms with Crippen LogP contribution in [0.25, 0.3) is 0 Å². The molecule has 0 radical (unpaired) electrons. The molecule has 186 valence electrons. The number of hydrogen-bond acceptors (Lipinski definition) is 3. The van der Waals surface area contributed by atoms with E-state index in [0.29, 0.717) is 33.7 Å². The van der Waals surface area contributed by atoms with Gasteiger partial charge < -0.3 is 15.0 Å². The van der Waals surface area contributed by atoms with Gasteiger partial charge in [0.05, 0.1) is 4.47 Å². The van der Waals surface area contributed by atoms with Crippen LogP contribution in [-0.2, 0) is 16.1 Å². The lowest BCUT2D eigenvalue weighted by Gasteiger charge is -2.33. The van der Waals surface area contributed by atoms with Gasteiger partial charge in [0.1, 0.15) is 11.8 Å². The second-order valence-electron chi connectivity index (χ2n) is 9.52. The maximum Gasteiger partial charge on any atom is 0.261 e. The maximum atomic E-state index is 13.4. The van der Waals surface area contributed by atoms with Gasteiger partial charge in [0.2, 0.25) is 5.91 Å². The van der Waals surface area contributed by atoms with Crippen LogP contribution in [0.4, 0.5) is 0 Å². The number of nitrogens with one attached hydrogen (secondary N) is 1. The maximum absolute atomic E-state index is 13.4. The Morgan fingerprint density at radius 1 is 1.12 bits per heavy atom. The Labute approximate surface area is 221 Å². The predicted octanol–water partition coefficient (Wildman–Crippen LogP) is 6.98. The first kappa shape index (κ1) is 28.5. The Hall–Kier alpha value is -1.76. The topological polar surface area (TPSA) is 58.6 Å². The van der Waals surface area contributed by atoms with Crippen molar-refractivity contribution < 1.29 is 14.3 Å². The quantitative estimate of drug-likeness (QED) is 0.353. The molecular formula is C26H33BrCl2N2O3. The molecule has 5 nitrogen and oxygen atoms in total. The number of carbonyl (C=O) groups is 2. The van der Waals surface area contributed by atoms with Crippen LogP contribution in [0, 0.1) is 0 Å². The molecule has 0 saturated carbocycles. The molecule has 0 saturated heterocycles. The highest BCUT2D eigenvalue weighted by molar-refractivity contribution is 9.10. The summed E-state index contributed by atoms with van der Waals surface area (Å²) in [6.45, 7) is 11.6. The summed E-state index contributed by atoms with van der Waals surface area (Å²) in [5, 5.41) is 3.84. The first-order valence-corrected chi connectivity index (χ1v) is 12.9. The third kappa shape index (κ3) is 7.89. The lowest BCUT2D eigenvalue weighted by molar-refractivity contribution is -0.143. The molecule has 0 aromatic heterocycles. The number of hydrogen-bond donors (Lipinski definition) is 1. The van der Waals surface area contributed by atoms with Gasteiger partial charge in [-0.25, -0.2) is 0 Å². The molecule has 0 aliphatic carbocycles. The number of benzene rings is 2. The number of amides is 2. The molecule has 0 spiro atoms. The first-order valence-electron chi connectivity index (χ1n) is 11.3. The molecule has 0 aliphatic heterocycles. The number of nitrogens with zero attached hydrogens (tertiary/aromatic N) is 1. The second-order valence-corrected chi connectivity index (χ2v) is 11.2. The molecule has 8 heteroatoms. The minimum atomic E-state index is -0.713. The van der Waals surface area contributed by atoms with Crippen molar-refractivity contribution in [1.29, 1.82) is 0 Å². The summed E-state index contributed by atoms with van der Waals surface area (Å²) in [7, 11) is 0. The van der Waals surface area contributed by atoms with Crippen molar-refractivity contribution in [1.82, 2.24) is 10.2 Å². The van der Waals surface area contributed by atoms with E-state index in [1.807, 2.05) is 45.9 Å². The van der Waals surface area contributed by atoms with Crippen LogP contribution in [0.3, 0.4) is 0 Å². The Kier molecular flexibility index (Phi) is 10.3. The molecule has 2 rings (SSSR count). The molecule has 1 atom stereocenters. The molecule has 0 heterocycles. The number of halogens is 3. The van der Waals surface area contributed by atoms with E-state index in [2.05, 4.69) is 35.1 Å². The molecule has 0 bridgehead atoms. The van der Waals surface area contributed by atoms with Gasteiger partial charge in [-0.1, -0.05) is 56.1 Å². The van der Waals surface area contributed by atoms with E-state index < -0.39 is 11.6 Å². The summed E-state index contributed by atoms with van der Waals surface area (Å²) in [6, 6.07) is 10.3. The standard InChI is InChI=1S/C26H33BrCl2N2O3/c1-7-22(25(33)30-26(4,5)6)31(14-18-20(28)9-8-10-21(18)29)24(32)15-34-23-12-11-17(16(2)3)13-19(23)27/h8-13,16,22H,7,14-15H2,1-6H3,(H,30,33). The minimum Gasteiger partial charge on any atom is -0.483 e. The van der Waals surface area contributed by atoms with Gasteiger partial charge in [-0.05, 0) is 78.9 Å². The monoisotopic (exact) mass is 570 g/mol. The number of ether oxygens (including phenoxy) is 1. The fourth-order valence-electron chi connectivity index (χ4n) is 3.44. The average molecular weight is 572 g/mol. The average Bonchev–Trinajstić information content (AvgIpc) is 2.73. The molecule has 2 amide bonds. The van der Waals surface area contributed by atoms with Gasteiger partial charge in [0, 0.05) is 27.7 Å². The SMILES string of the molecule is CCC(C(=O)NC(C)(C)C)N(Cc1c(Cl)cccc1Cl)C(=O)COc1ccc(C(C)C)cc1Br. The Morgan fingerprint density at radius 2 is 1.74 bits per heavy atom. The Balaban J connectivity index is 2.32. The smallest absolute Gasteiger partial charge is 0.261 e. The highest BCUT2D eigenvalue weighted by atomic mass is 79.9. The summed E-state index contributed by atoms with van der Waals surface area (Å²) in [4.78, 5) is 28.0. The summed E-state index contributed by atoms with van der Waals surface area (Å²) in [5.74, 6) is 0.343. The normalized spacial score (nSPS) is 12.4. The van der Waals surface area contributed by atoms with Gasteiger partial charge in [0.15, 0.2) is 6.61 Å².